The molecule has 5 heteroatoms. The van der Waals surface area contributed by atoms with Gasteiger partial charge in [0.1, 0.15) is 0 Å². The molecule has 0 amide bonds. The van der Waals surface area contributed by atoms with Gasteiger partial charge in [0.25, 0.3) is 0 Å². The fourth-order valence-electron chi connectivity index (χ4n) is 1.59. The van der Waals surface area contributed by atoms with Crippen molar-refractivity contribution < 1.29 is 4.79 Å². The summed E-state index contributed by atoms with van der Waals surface area (Å²) in [6.45, 7) is 4.20. The zero-order chi connectivity index (χ0) is 13.0. The van der Waals surface area contributed by atoms with Crippen molar-refractivity contribution in [3.05, 3.63) is 42.2 Å². The van der Waals surface area contributed by atoms with E-state index in [1.807, 2.05) is 16.9 Å². The van der Waals surface area contributed by atoms with Gasteiger partial charge in [-0.1, -0.05) is 6.92 Å². The molecular formula is C13H16N4O. The van der Waals surface area contributed by atoms with Gasteiger partial charge in [-0.3, -0.25) is 9.48 Å². The van der Waals surface area contributed by atoms with E-state index in [4.69, 9.17) is 0 Å². The molecule has 2 aromatic heterocycles. The van der Waals surface area contributed by atoms with E-state index < -0.39 is 0 Å². The molecule has 2 aromatic rings. The van der Waals surface area contributed by atoms with Crippen LogP contribution in [0.2, 0.25) is 0 Å². The van der Waals surface area contributed by atoms with Crippen molar-refractivity contribution in [2.75, 3.05) is 0 Å². The second-order valence-electron chi connectivity index (χ2n) is 4.22. The lowest BCUT2D eigenvalue weighted by Crippen LogP contribution is -2.10. The average Bonchev–Trinajstić information content (AvgIpc) is 2.87. The minimum absolute atomic E-state index is 0.106. The second-order valence-corrected chi connectivity index (χ2v) is 4.22. The number of nitrogens with zero attached hydrogens (tertiary/aromatic N) is 4. The Hall–Kier alpha value is -2.04. The van der Waals surface area contributed by atoms with Crippen LogP contribution in [0.15, 0.2) is 30.7 Å². The molecule has 5 nitrogen and oxygen atoms in total. The van der Waals surface area contributed by atoms with E-state index in [2.05, 4.69) is 28.9 Å². The van der Waals surface area contributed by atoms with Crippen LogP contribution in [0.5, 0.6) is 0 Å². The van der Waals surface area contributed by atoms with Crippen LogP contribution in [-0.4, -0.2) is 25.5 Å². The van der Waals surface area contributed by atoms with Gasteiger partial charge in [0.05, 0.1) is 12.1 Å². The van der Waals surface area contributed by atoms with Gasteiger partial charge in [-0.05, 0) is 25.5 Å². The minimum atomic E-state index is -0.106. The Morgan fingerprint density at radius 1 is 1.39 bits per heavy atom. The van der Waals surface area contributed by atoms with Crippen molar-refractivity contribution in [1.29, 1.82) is 0 Å². The van der Waals surface area contributed by atoms with Crippen LogP contribution >= 0.6 is 0 Å². The number of hydrogen-bond donors (Lipinski definition) is 0. The van der Waals surface area contributed by atoms with Gasteiger partial charge in [-0.2, -0.15) is 5.10 Å². The first-order chi connectivity index (χ1) is 8.70. The van der Waals surface area contributed by atoms with Crippen LogP contribution in [0.1, 0.15) is 42.6 Å². The highest BCUT2D eigenvalue weighted by molar-refractivity contribution is 5.93. The lowest BCUT2D eigenvalue weighted by atomic mass is 10.2. The van der Waals surface area contributed by atoms with E-state index in [1.165, 1.54) is 0 Å². The number of Topliss-reactive ketones (excluding diaryl/α,β-unsaturated/α-hetero) is 1. The number of rotatable bonds is 5. The predicted molar refractivity (Wildman–Crippen MR) is 67.3 cm³/mol. The van der Waals surface area contributed by atoms with Crippen molar-refractivity contribution in [2.45, 2.75) is 32.7 Å². The van der Waals surface area contributed by atoms with E-state index >= 15 is 0 Å². The molecule has 0 aromatic carbocycles. The summed E-state index contributed by atoms with van der Waals surface area (Å²) in [6.07, 6.45) is 6.29. The van der Waals surface area contributed by atoms with Gasteiger partial charge in [-0.15, -0.1) is 0 Å². The van der Waals surface area contributed by atoms with Crippen molar-refractivity contribution in [3.63, 3.8) is 0 Å². The van der Waals surface area contributed by atoms with E-state index in [-0.39, 0.29) is 18.0 Å². The van der Waals surface area contributed by atoms with E-state index in [0.29, 0.717) is 6.04 Å². The average molecular weight is 244 g/mol. The molecule has 18 heavy (non-hydrogen) atoms. The maximum absolute atomic E-state index is 11.9. The van der Waals surface area contributed by atoms with Crippen LogP contribution in [-0.2, 0) is 6.42 Å². The van der Waals surface area contributed by atoms with Crippen molar-refractivity contribution in [2.24, 2.45) is 0 Å². The number of aromatic nitrogens is 4. The topological polar surface area (TPSA) is 60.7 Å². The Labute approximate surface area is 106 Å². The molecule has 0 fully saturated rings. The summed E-state index contributed by atoms with van der Waals surface area (Å²) in [7, 11) is 0. The minimum Gasteiger partial charge on any atom is -0.290 e. The lowest BCUT2D eigenvalue weighted by Gasteiger charge is -2.07. The van der Waals surface area contributed by atoms with Crippen molar-refractivity contribution in [3.8, 4) is 0 Å². The predicted octanol–water partition coefficient (Wildman–Crippen LogP) is 2.07. The monoisotopic (exact) mass is 244 g/mol. The molecule has 1 unspecified atom stereocenters. The van der Waals surface area contributed by atoms with Gasteiger partial charge in [0.2, 0.25) is 5.78 Å². The zero-order valence-corrected chi connectivity index (χ0v) is 10.6. The maximum atomic E-state index is 11.9. The molecular weight excluding hydrogens is 228 g/mol. The second kappa shape index (κ2) is 5.53. The number of hydrogen-bond acceptors (Lipinski definition) is 4. The molecule has 0 aliphatic carbocycles. The Morgan fingerprint density at radius 2 is 2.11 bits per heavy atom. The van der Waals surface area contributed by atoms with Crippen LogP contribution in [0.3, 0.4) is 0 Å². The number of ketones is 1. The van der Waals surface area contributed by atoms with Gasteiger partial charge < -0.3 is 0 Å². The highest BCUT2D eigenvalue weighted by atomic mass is 16.1. The summed E-state index contributed by atoms with van der Waals surface area (Å²) in [5.41, 5.74) is 0.757. The molecule has 0 radical (unpaired) electrons. The Balaban J connectivity index is 2.06. The molecule has 2 rings (SSSR count). The molecule has 2 heterocycles. The van der Waals surface area contributed by atoms with Gasteiger partial charge >= 0.3 is 0 Å². The molecule has 0 spiro atoms. The summed E-state index contributed by atoms with van der Waals surface area (Å²) in [5.74, 6) is 0.139. The SMILES string of the molecule is CCC(C)n1ccc(CC(=O)c2ncccn2)n1. The zero-order valence-electron chi connectivity index (χ0n) is 10.6. The van der Waals surface area contributed by atoms with Gasteiger partial charge in [0, 0.05) is 24.6 Å². The summed E-state index contributed by atoms with van der Waals surface area (Å²) in [5, 5.41) is 4.39. The molecule has 0 N–H and O–H groups in total. The smallest absolute Gasteiger partial charge is 0.206 e. The third kappa shape index (κ3) is 2.80. The number of carbonyl (C=O) groups is 1. The normalized spacial score (nSPS) is 12.3. The lowest BCUT2D eigenvalue weighted by molar-refractivity contribution is 0.0981. The van der Waals surface area contributed by atoms with Gasteiger partial charge in [0.15, 0.2) is 5.82 Å². The van der Waals surface area contributed by atoms with Crippen molar-refractivity contribution in [1.82, 2.24) is 19.7 Å². The molecule has 0 aliphatic rings. The quantitative estimate of drug-likeness (QED) is 0.755. The van der Waals surface area contributed by atoms with Crippen LogP contribution in [0.4, 0.5) is 0 Å². The first kappa shape index (κ1) is 12.4. The Morgan fingerprint density at radius 3 is 2.78 bits per heavy atom. The number of carbonyl (C=O) groups excluding carboxylic acids is 1. The highest BCUT2D eigenvalue weighted by Gasteiger charge is 2.12. The fourth-order valence-corrected chi connectivity index (χ4v) is 1.59. The van der Waals surface area contributed by atoms with Crippen LogP contribution in [0.25, 0.3) is 0 Å². The summed E-state index contributed by atoms with van der Waals surface area (Å²) >= 11 is 0. The molecule has 0 bridgehead atoms. The Kier molecular flexibility index (Phi) is 3.82. The molecule has 94 valence electrons. The third-order valence-corrected chi connectivity index (χ3v) is 2.86. The van der Waals surface area contributed by atoms with Crippen molar-refractivity contribution >= 4 is 5.78 Å². The first-order valence-electron chi connectivity index (χ1n) is 6.05. The van der Waals surface area contributed by atoms with Gasteiger partial charge in [-0.25, -0.2) is 9.97 Å². The van der Waals surface area contributed by atoms with Crippen LogP contribution < -0.4 is 0 Å². The summed E-state index contributed by atoms with van der Waals surface area (Å²) < 4.78 is 1.88. The molecule has 1 atom stereocenters. The molecule has 0 saturated carbocycles. The highest BCUT2D eigenvalue weighted by Crippen LogP contribution is 2.10. The van der Waals surface area contributed by atoms with E-state index in [1.54, 1.807) is 18.5 Å². The molecule has 0 aliphatic heterocycles. The largest absolute Gasteiger partial charge is 0.290 e. The standard InChI is InChI=1S/C13H16N4O/c1-3-10(2)17-8-5-11(16-17)9-12(18)13-14-6-4-7-15-13/h4-8,10H,3,9H2,1-2H3. The van der Waals surface area contributed by atoms with E-state index in [9.17, 15) is 4.79 Å². The van der Waals surface area contributed by atoms with Crippen LogP contribution in [0, 0.1) is 0 Å². The summed E-state index contributed by atoms with van der Waals surface area (Å²) in [4.78, 5) is 19.8. The molecule has 0 saturated heterocycles. The first-order valence-corrected chi connectivity index (χ1v) is 6.05. The Bertz CT molecular complexity index is 521. The summed E-state index contributed by atoms with van der Waals surface area (Å²) in [6, 6.07) is 3.91. The maximum Gasteiger partial charge on any atom is 0.206 e. The third-order valence-electron chi connectivity index (χ3n) is 2.86. The van der Waals surface area contributed by atoms with E-state index in [0.717, 1.165) is 12.1 Å². The fraction of sp³-hybridized carbons (Fsp3) is 0.385.